The molecule has 0 aliphatic rings. The van der Waals surface area contributed by atoms with Gasteiger partial charge in [-0.15, -0.1) is 0 Å². The van der Waals surface area contributed by atoms with Gasteiger partial charge < -0.3 is 20.2 Å². The number of hydrogen-bond acceptors (Lipinski definition) is 6. The maximum atomic E-state index is 10.5. The summed E-state index contributed by atoms with van der Waals surface area (Å²) in [6.45, 7) is 0. The Hall–Kier alpha value is -0.670. The summed E-state index contributed by atoms with van der Waals surface area (Å²) in [5.41, 5.74) is -2.69. The van der Waals surface area contributed by atoms with Gasteiger partial charge in [0.15, 0.2) is 5.60 Å². The van der Waals surface area contributed by atoms with Crippen molar-refractivity contribution in [3.8, 4) is 0 Å². The summed E-state index contributed by atoms with van der Waals surface area (Å²) in [7, 11) is 0. The van der Waals surface area contributed by atoms with Crippen LogP contribution in [0.2, 0.25) is 0 Å². The van der Waals surface area contributed by atoms with E-state index in [-0.39, 0.29) is 29.6 Å². The molecule has 0 heterocycles. The Morgan fingerprint density at radius 3 is 1.93 bits per heavy atom. The molecular weight excluding hydrogens is 221 g/mol. The Balaban J connectivity index is 0. The summed E-state index contributed by atoms with van der Waals surface area (Å²) in [6.07, 6.45) is -2.14. The van der Waals surface area contributed by atoms with Crippen LogP contribution in [0.15, 0.2) is 0 Å². The first-order chi connectivity index (χ1) is 6.31. The first-order valence-corrected chi connectivity index (χ1v) is 3.39. The number of rotatable bonds is 5. The molecule has 15 heavy (non-hydrogen) atoms. The third kappa shape index (κ3) is 5.70. The van der Waals surface area contributed by atoms with Crippen LogP contribution in [0, 0.1) is 0 Å². The second-order valence-corrected chi connectivity index (χ2v) is 2.57. The van der Waals surface area contributed by atoms with Crippen molar-refractivity contribution < 1.29 is 34.5 Å². The second-order valence-electron chi connectivity index (χ2n) is 2.57. The average molecular weight is 231 g/mol. The van der Waals surface area contributed by atoms with Gasteiger partial charge in [-0.25, -0.2) is 4.79 Å². The number of aliphatic carboxylic acids is 2. The molecular formula is C6H10NNaO7. The van der Waals surface area contributed by atoms with Gasteiger partial charge in [0.05, 0.1) is 12.8 Å². The second kappa shape index (κ2) is 6.75. The Bertz CT molecular complexity index is 268. The van der Waals surface area contributed by atoms with Crippen molar-refractivity contribution >= 4 is 47.5 Å². The minimum absolute atomic E-state index is 0. The summed E-state index contributed by atoms with van der Waals surface area (Å²) in [4.78, 5) is 34.8. The predicted molar refractivity (Wildman–Crippen MR) is 46.9 cm³/mol. The van der Waals surface area contributed by atoms with E-state index in [1.54, 1.807) is 0 Å². The molecule has 0 saturated carbocycles. The third-order valence-electron chi connectivity index (χ3n) is 1.41. The van der Waals surface area contributed by atoms with E-state index in [0.29, 0.717) is 0 Å². The normalized spacial score (nSPS) is 13.2. The standard InChI is InChI=1S/C6H9NO7.Na.H/c7-14-4(10)2-6(13,5(11)12)1-3(8)9;;/h13H,1-2,7H2,(H,8,9)(H,11,12);;. The summed E-state index contributed by atoms with van der Waals surface area (Å²) in [5, 5.41) is 26.0. The Labute approximate surface area is 106 Å². The number of carbonyl (C=O) groups excluding carboxylic acids is 1. The fourth-order valence-electron chi connectivity index (χ4n) is 0.744. The number of nitrogens with two attached hydrogens (primary N) is 1. The molecule has 0 spiro atoms. The van der Waals surface area contributed by atoms with Gasteiger partial charge in [-0.3, -0.25) is 9.59 Å². The van der Waals surface area contributed by atoms with Crippen LogP contribution in [0.3, 0.4) is 0 Å². The van der Waals surface area contributed by atoms with Crippen LogP contribution >= 0.6 is 0 Å². The molecule has 0 radical (unpaired) electrons. The van der Waals surface area contributed by atoms with Gasteiger partial charge in [0.25, 0.3) is 0 Å². The molecule has 5 N–H and O–H groups in total. The summed E-state index contributed by atoms with van der Waals surface area (Å²) < 4.78 is 0. The predicted octanol–water partition coefficient (Wildman–Crippen LogP) is -2.56. The first kappa shape index (κ1) is 16.7. The molecule has 0 aliphatic heterocycles. The third-order valence-corrected chi connectivity index (χ3v) is 1.41. The van der Waals surface area contributed by atoms with E-state index in [1.165, 1.54) is 0 Å². The van der Waals surface area contributed by atoms with Crippen LogP contribution in [0.4, 0.5) is 0 Å². The molecule has 8 nitrogen and oxygen atoms in total. The van der Waals surface area contributed by atoms with Gasteiger partial charge in [0, 0.05) is 0 Å². The van der Waals surface area contributed by atoms with Crippen molar-refractivity contribution in [1.82, 2.24) is 0 Å². The molecule has 0 aromatic heterocycles. The Kier molecular flexibility index (Phi) is 7.53. The van der Waals surface area contributed by atoms with Gasteiger partial charge in [-0.1, -0.05) is 0 Å². The monoisotopic (exact) mass is 231 g/mol. The fraction of sp³-hybridized carbons (Fsp3) is 0.500. The zero-order valence-electron chi connectivity index (χ0n) is 6.97. The van der Waals surface area contributed by atoms with Crippen molar-refractivity contribution in [3.05, 3.63) is 0 Å². The van der Waals surface area contributed by atoms with E-state index in [9.17, 15) is 19.5 Å². The van der Waals surface area contributed by atoms with E-state index in [2.05, 4.69) is 10.7 Å². The van der Waals surface area contributed by atoms with Crippen molar-refractivity contribution in [1.29, 1.82) is 0 Å². The molecule has 0 fully saturated rings. The van der Waals surface area contributed by atoms with Crippen LogP contribution in [-0.4, -0.2) is 68.4 Å². The van der Waals surface area contributed by atoms with Crippen molar-refractivity contribution in [2.24, 2.45) is 5.90 Å². The van der Waals surface area contributed by atoms with Gasteiger partial charge in [0.1, 0.15) is 0 Å². The van der Waals surface area contributed by atoms with Crippen LogP contribution in [0.1, 0.15) is 12.8 Å². The Morgan fingerprint density at radius 1 is 1.20 bits per heavy atom. The fourth-order valence-corrected chi connectivity index (χ4v) is 0.744. The van der Waals surface area contributed by atoms with Gasteiger partial charge >= 0.3 is 47.5 Å². The topological polar surface area (TPSA) is 147 Å². The quantitative estimate of drug-likeness (QED) is 0.298. The van der Waals surface area contributed by atoms with E-state index >= 15 is 0 Å². The van der Waals surface area contributed by atoms with Crippen LogP contribution in [0.25, 0.3) is 0 Å². The van der Waals surface area contributed by atoms with Crippen molar-refractivity contribution in [2.45, 2.75) is 18.4 Å². The molecule has 0 aromatic carbocycles. The summed E-state index contributed by atoms with van der Waals surface area (Å²) in [5.74, 6) is -0.187. The van der Waals surface area contributed by atoms with E-state index in [4.69, 9.17) is 10.2 Å². The van der Waals surface area contributed by atoms with E-state index in [1.807, 2.05) is 0 Å². The molecule has 0 bridgehead atoms. The molecule has 1 unspecified atom stereocenters. The molecule has 82 valence electrons. The van der Waals surface area contributed by atoms with Gasteiger partial charge in [-0.05, 0) is 0 Å². The molecule has 0 rings (SSSR count). The molecule has 0 aromatic rings. The number of hydrogen-bond donors (Lipinski definition) is 4. The van der Waals surface area contributed by atoms with E-state index in [0.717, 1.165) is 0 Å². The molecule has 0 saturated heterocycles. The van der Waals surface area contributed by atoms with Crippen LogP contribution in [-0.2, 0) is 19.2 Å². The zero-order valence-corrected chi connectivity index (χ0v) is 6.97. The van der Waals surface area contributed by atoms with Crippen molar-refractivity contribution in [2.75, 3.05) is 0 Å². The first-order valence-electron chi connectivity index (χ1n) is 3.39. The zero-order chi connectivity index (χ0) is 11.4. The SMILES string of the molecule is NOC(=O)CC(O)(CC(=O)O)C(=O)O.[NaH]. The summed E-state index contributed by atoms with van der Waals surface area (Å²) >= 11 is 0. The van der Waals surface area contributed by atoms with Crippen LogP contribution in [0.5, 0.6) is 0 Å². The molecule has 9 heteroatoms. The summed E-state index contributed by atoms with van der Waals surface area (Å²) in [6, 6.07) is 0. The molecule has 0 aliphatic carbocycles. The molecule has 1 atom stereocenters. The average Bonchev–Trinajstić information content (AvgIpc) is 2.02. The maximum absolute atomic E-state index is 10.5. The number of aliphatic hydroxyl groups is 1. The van der Waals surface area contributed by atoms with Crippen LogP contribution < -0.4 is 5.90 Å². The minimum atomic E-state index is -2.69. The number of carboxylic acid groups (broad SMARTS) is 2. The van der Waals surface area contributed by atoms with Crippen molar-refractivity contribution in [3.63, 3.8) is 0 Å². The van der Waals surface area contributed by atoms with E-state index < -0.39 is 36.4 Å². The van der Waals surface area contributed by atoms with Gasteiger partial charge in [-0.2, -0.15) is 5.90 Å². The number of carboxylic acids is 2. The Morgan fingerprint density at radius 2 is 1.67 bits per heavy atom. The number of carbonyl (C=O) groups is 3. The molecule has 0 amide bonds. The van der Waals surface area contributed by atoms with Gasteiger partial charge in [0.2, 0.25) is 0 Å².